The lowest BCUT2D eigenvalue weighted by Crippen LogP contribution is -2.48. The quantitative estimate of drug-likeness (QED) is 0.733. The summed E-state index contributed by atoms with van der Waals surface area (Å²) in [7, 11) is 0. The number of hydrogen-bond donors (Lipinski definition) is 3. The number of rotatable bonds is 5. The highest BCUT2D eigenvalue weighted by molar-refractivity contribution is 6.00. The van der Waals surface area contributed by atoms with Crippen LogP contribution in [0.2, 0.25) is 0 Å². The van der Waals surface area contributed by atoms with E-state index in [9.17, 15) is 18.0 Å². The Bertz CT molecular complexity index is 763. The van der Waals surface area contributed by atoms with Crippen LogP contribution in [0.3, 0.4) is 0 Å². The molecule has 0 radical (unpaired) electrons. The molecule has 26 heavy (non-hydrogen) atoms. The maximum absolute atomic E-state index is 12.8. The molecule has 0 aliphatic carbocycles. The van der Waals surface area contributed by atoms with E-state index in [1.165, 1.54) is 12.1 Å². The fraction of sp³-hybridized carbons (Fsp3) is 0.278. The fourth-order valence-electron chi connectivity index (χ4n) is 2.54. The van der Waals surface area contributed by atoms with Crippen LogP contribution in [0.15, 0.2) is 48.5 Å². The molecule has 2 aromatic rings. The second kappa shape index (κ2) is 8.42. The largest absolute Gasteiger partial charge is 0.416 e. The number of halogens is 4. The number of anilines is 2. The van der Waals surface area contributed by atoms with Crippen LogP contribution < -0.4 is 16.0 Å². The molecule has 1 amide bonds. The summed E-state index contributed by atoms with van der Waals surface area (Å²) >= 11 is 0. The molecule has 140 valence electrons. The Balaban J connectivity index is 0.00000243. The third kappa shape index (κ3) is 4.89. The highest BCUT2D eigenvalue weighted by atomic mass is 35.5. The summed E-state index contributed by atoms with van der Waals surface area (Å²) in [6, 6.07) is 11.6. The van der Waals surface area contributed by atoms with Gasteiger partial charge in [-0.3, -0.25) is 4.79 Å². The molecule has 0 atom stereocenters. The minimum absolute atomic E-state index is 0. The van der Waals surface area contributed by atoms with Crippen molar-refractivity contribution in [2.45, 2.75) is 6.18 Å². The molecule has 1 fully saturated rings. The highest BCUT2D eigenvalue weighted by Gasteiger charge is 2.30. The van der Waals surface area contributed by atoms with Gasteiger partial charge in [-0.05, 0) is 30.3 Å². The normalized spacial score (nSPS) is 14.1. The molecular formula is C18H19ClF3N3O. The van der Waals surface area contributed by atoms with Crippen molar-refractivity contribution in [3.8, 4) is 0 Å². The van der Waals surface area contributed by atoms with Crippen LogP contribution in [0.1, 0.15) is 15.9 Å². The Morgan fingerprint density at radius 3 is 2.50 bits per heavy atom. The van der Waals surface area contributed by atoms with Crippen molar-refractivity contribution in [3.05, 3.63) is 59.7 Å². The molecule has 0 saturated carbocycles. The minimum atomic E-state index is -4.41. The highest BCUT2D eigenvalue weighted by Crippen LogP contribution is 2.31. The van der Waals surface area contributed by atoms with Crippen LogP contribution in [0, 0.1) is 5.92 Å². The molecule has 3 N–H and O–H groups in total. The number of carbonyl (C=O) groups is 1. The van der Waals surface area contributed by atoms with Gasteiger partial charge in [0.1, 0.15) is 0 Å². The first kappa shape index (κ1) is 20.1. The number of nitrogens with one attached hydrogen (secondary N) is 3. The lowest BCUT2D eigenvalue weighted by molar-refractivity contribution is -0.137. The Kier molecular flexibility index (Phi) is 6.50. The third-order valence-corrected chi connectivity index (χ3v) is 4.06. The number of hydrogen-bond acceptors (Lipinski definition) is 3. The van der Waals surface area contributed by atoms with Crippen LogP contribution in [0.4, 0.5) is 24.5 Å². The molecule has 4 nitrogen and oxygen atoms in total. The maximum atomic E-state index is 12.8. The molecule has 0 bridgehead atoms. The van der Waals surface area contributed by atoms with Gasteiger partial charge in [0.15, 0.2) is 0 Å². The van der Waals surface area contributed by atoms with E-state index >= 15 is 0 Å². The summed E-state index contributed by atoms with van der Waals surface area (Å²) in [4.78, 5) is 12.4. The maximum Gasteiger partial charge on any atom is 0.416 e. The first-order valence-electron chi connectivity index (χ1n) is 7.96. The Hall–Kier alpha value is -2.25. The molecule has 0 aromatic heterocycles. The zero-order chi connectivity index (χ0) is 17.9. The van der Waals surface area contributed by atoms with Crippen LogP contribution in [-0.2, 0) is 6.18 Å². The molecule has 0 spiro atoms. The summed E-state index contributed by atoms with van der Waals surface area (Å²) in [5.74, 6) is 0.175. The summed E-state index contributed by atoms with van der Waals surface area (Å²) in [5, 5.41) is 8.90. The van der Waals surface area contributed by atoms with Gasteiger partial charge in [-0.25, -0.2) is 0 Å². The van der Waals surface area contributed by atoms with Crippen LogP contribution in [0.25, 0.3) is 0 Å². The van der Waals surface area contributed by atoms with Crippen molar-refractivity contribution in [2.75, 3.05) is 25.0 Å². The van der Waals surface area contributed by atoms with E-state index in [-0.39, 0.29) is 24.0 Å². The van der Waals surface area contributed by atoms with Gasteiger partial charge in [0.25, 0.3) is 5.91 Å². The lowest BCUT2D eigenvalue weighted by atomic mass is 10.0. The van der Waals surface area contributed by atoms with Crippen molar-refractivity contribution in [1.82, 2.24) is 10.6 Å². The topological polar surface area (TPSA) is 53.2 Å². The van der Waals surface area contributed by atoms with Gasteiger partial charge in [-0.15, -0.1) is 12.4 Å². The fourth-order valence-corrected chi connectivity index (χ4v) is 2.54. The monoisotopic (exact) mass is 385 g/mol. The molecule has 1 saturated heterocycles. The zero-order valence-corrected chi connectivity index (χ0v) is 14.6. The van der Waals surface area contributed by atoms with E-state index < -0.39 is 11.7 Å². The van der Waals surface area contributed by atoms with Gasteiger partial charge in [-0.1, -0.05) is 18.2 Å². The smallest absolute Gasteiger partial charge is 0.355 e. The molecule has 3 rings (SSSR count). The first-order chi connectivity index (χ1) is 11.9. The Morgan fingerprint density at radius 2 is 1.85 bits per heavy atom. The second-order valence-electron chi connectivity index (χ2n) is 5.98. The average molecular weight is 386 g/mol. The number of benzene rings is 2. The number of alkyl halides is 3. The van der Waals surface area contributed by atoms with Crippen LogP contribution in [-0.4, -0.2) is 25.5 Å². The first-order valence-corrected chi connectivity index (χ1v) is 7.96. The standard InChI is InChI=1S/C18H18F3N3O.ClH/c19-18(20,21)13-4-3-5-14(8-13)24-16-7-2-1-6-15(16)17(25)23-11-12-9-22-10-12;/h1-8,12,22,24H,9-11H2,(H,23,25);1H. The number of amides is 1. The molecule has 2 aromatic carbocycles. The summed E-state index contributed by atoms with van der Waals surface area (Å²) in [6.45, 7) is 2.33. The lowest BCUT2D eigenvalue weighted by Gasteiger charge is -2.27. The van der Waals surface area contributed by atoms with E-state index in [0.29, 0.717) is 23.7 Å². The van der Waals surface area contributed by atoms with E-state index in [1.54, 1.807) is 24.3 Å². The van der Waals surface area contributed by atoms with Crippen LogP contribution >= 0.6 is 12.4 Å². The molecular weight excluding hydrogens is 367 g/mol. The Morgan fingerprint density at radius 1 is 1.12 bits per heavy atom. The SMILES string of the molecule is Cl.O=C(NCC1CNC1)c1ccccc1Nc1cccc(C(F)(F)F)c1. The van der Waals surface area contributed by atoms with E-state index in [4.69, 9.17) is 0 Å². The summed E-state index contributed by atoms with van der Waals surface area (Å²) < 4.78 is 38.5. The van der Waals surface area contributed by atoms with Gasteiger partial charge >= 0.3 is 6.18 Å². The molecule has 1 aliphatic heterocycles. The van der Waals surface area contributed by atoms with Gasteiger partial charge < -0.3 is 16.0 Å². The van der Waals surface area contributed by atoms with Crippen molar-refractivity contribution in [1.29, 1.82) is 0 Å². The zero-order valence-electron chi connectivity index (χ0n) is 13.8. The number of para-hydroxylation sites is 1. The van der Waals surface area contributed by atoms with Gasteiger partial charge in [-0.2, -0.15) is 13.2 Å². The summed E-state index contributed by atoms with van der Waals surface area (Å²) in [5.41, 5.74) is 0.397. The summed E-state index contributed by atoms with van der Waals surface area (Å²) in [6.07, 6.45) is -4.41. The average Bonchev–Trinajstić information content (AvgIpc) is 2.53. The van der Waals surface area contributed by atoms with Gasteiger partial charge in [0.05, 0.1) is 16.8 Å². The van der Waals surface area contributed by atoms with Crippen molar-refractivity contribution < 1.29 is 18.0 Å². The molecule has 8 heteroatoms. The molecule has 1 aliphatic rings. The van der Waals surface area contributed by atoms with E-state index in [0.717, 1.165) is 25.2 Å². The van der Waals surface area contributed by atoms with Crippen molar-refractivity contribution in [3.63, 3.8) is 0 Å². The van der Waals surface area contributed by atoms with E-state index in [1.807, 2.05) is 0 Å². The van der Waals surface area contributed by atoms with Gasteiger partial charge in [0.2, 0.25) is 0 Å². The third-order valence-electron chi connectivity index (χ3n) is 4.06. The van der Waals surface area contributed by atoms with Crippen molar-refractivity contribution >= 4 is 29.7 Å². The minimum Gasteiger partial charge on any atom is -0.355 e. The Labute approximate surface area is 155 Å². The van der Waals surface area contributed by atoms with Crippen molar-refractivity contribution in [2.24, 2.45) is 5.92 Å². The second-order valence-corrected chi connectivity index (χ2v) is 5.98. The van der Waals surface area contributed by atoms with Crippen LogP contribution in [0.5, 0.6) is 0 Å². The predicted octanol–water partition coefficient (Wildman–Crippen LogP) is 3.82. The number of carbonyl (C=O) groups excluding carboxylic acids is 1. The molecule has 0 unspecified atom stereocenters. The molecule has 1 heterocycles. The van der Waals surface area contributed by atoms with E-state index in [2.05, 4.69) is 16.0 Å². The van der Waals surface area contributed by atoms with Gasteiger partial charge in [0, 0.05) is 31.2 Å². The predicted molar refractivity (Wildman–Crippen MR) is 97.1 cm³/mol.